The third-order valence-corrected chi connectivity index (χ3v) is 3.95. The molecule has 74 valence electrons. The van der Waals surface area contributed by atoms with Crippen LogP contribution < -0.4 is 0 Å². The lowest BCUT2D eigenvalue weighted by Gasteiger charge is -1.86. The highest BCUT2D eigenvalue weighted by atomic mass is 32.1. The molecular formula is C9H4N2O2S2. The van der Waals surface area contributed by atoms with E-state index in [1.807, 2.05) is 6.07 Å². The van der Waals surface area contributed by atoms with E-state index in [-0.39, 0.29) is 5.00 Å². The van der Waals surface area contributed by atoms with Gasteiger partial charge >= 0.3 is 5.00 Å². The van der Waals surface area contributed by atoms with Gasteiger partial charge in [0.1, 0.15) is 10.9 Å². The van der Waals surface area contributed by atoms with E-state index in [4.69, 9.17) is 5.26 Å². The highest BCUT2D eigenvalue weighted by molar-refractivity contribution is 7.23. The van der Waals surface area contributed by atoms with Crippen molar-refractivity contribution in [2.24, 2.45) is 0 Å². The minimum absolute atomic E-state index is 0.122. The van der Waals surface area contributed by atoms with Crippen LogP contribution in [0.25, 0.3) is 9.75 Å². The molecule has 0 spiro atoms. The first-order valence-corrected chi connectivity index (χ1v) is 5.58. The van der Waals surface area contributed by atoms with Crippen LogP contribution in [-0.4, -0.2) is 4.92 Å². The van der Waals surface area contributed by atoms with Crippen LogP contribution in [0.2, 0.25) is 0 Å². The molecule has 0 N–H and O–H groups in total. The molecule has 0 aliphatic carbocycles. The SMILES string of the molecule is N#Cc1ccc(-c2ccc([N+](=O)[O-])s2)s1. The maximum atomic E-state index is 10.5. The van der Waals surface area contributed by atoms with Gasteiger partial charge in [-0.05, 0) is 18.2 Å². The minimum Gasteiger partial charge on any atom is -0.258 e. The molecule has 0 aromatic carbocycles. The van der Waals surface area contributed by atoms with Crippen LogP contribution in [-0.2, 0) is 0 Å². The molecule has 0 radical (unpaired) electrons. The van der Waals surface area contributed by atoms with Gasteiger partial charge in [0.2, 0.25) is 0 Å². The van der Waals surface area contributed by atoms with Crippen molar-refractivity contribution in [3.05, 3.63) is 39.3 Å². The van der Waals surface area contributed by atoms with E-state index in [1.54, 1.807) is 18.2 Å². The second-order valence-corrected chi connectivity index (χ2v) is 4.82. The molecule has 0 unspecified atom stereocenters. The van der Waals surface area contributed by atoms with E-state index in [0.717, 1.165) is 21.1 Å². The normalized spacial score (nSPS) is 9.80. The number of thiophene rings is 2. The molecule has 0 saturated carbocycles. The molecular weight excluding hydrogens is 232 g/mol. The van der Waals surface area contributed by atoms with E-state index in [1.165, 1.54) is 17.4 Å². The predicted molar refractivity (Wildman–Crippen MR) is 59.0 cm³/mol. The van der Waals surface area contributed by atoms with Crippen molar-refractivity contribution in [3.63, 3.8) is 0 Å². The third kappa shape index (κ3) is 1.88. The zero-order valence-electron chi connectivity index (χ0n) is 7.34. The monoisotopic (exact) mass is 236 g/mol. The molecule has 2 aromatic rings. The van der Waals surface area contributed by atoms with E-state index < -0.39 is 4.92 Å². The quantitative estimate of drug-likeness (QED) is 0.593. The van der Waals surface area contributed by atoms with Gasteiger partial charge in [0, 0.05) is 10.9 Å². The predicted octanol–water partition coefficient (Wildman–Crippen LogP) is 3.26. The summed E-state index contributed by atoms with van der Waals surface area (Å²) in [5, 5.41) is 19.2. The van der Waals surface area contributed by atoms with Crippen molar-refractivity contribution in [1.29, 1.82) is 5.26 Å². The van der Waals surface area contributed by atoms with Gasteiger partial charge in [-0.3, -0.25) is 10.1 Å². The number of nitriles is 1. The average molecular weight is 236 g/mol. The summed E-state index contributed by atoms with van der Waals surface area (Å²) in [7, 11) is 0. The van der Waals surface area contributed by atoms with Crippen LogP contribution in [0.3, 0.4) is 0 Å². The van der Waals surface area contributed by atoms with Gasteiger partial charge in [-0.25, -0.2) is 0 Å². The fourth-order valence-corrected chi connectivity index (χ4v) is 2.80. The highest BCUT2D eigenvalue weighted by Gasteiger charge is 2.12. The maximum Gasteiger partial charge on any atom is 0.324 e. The molecule has 6 heteroatoms. The summed E-state index contributed by atoms with van der Waals surface area (Å²) in [5.74, 6) is 0. The van der Waals surface area contributed by atoms with E-state index >= 15 is 0 Å². The first kappa shape index (κ1) is 9.83. The minimum atomic E-state index is -0.410. The van der Waals surface area contributed by atoms with E-state index in [0.29, 0.717) is 4.88 Å². The first-order valence-electron chi connectivity index (χ1n) is 3.95. The van der Waals surface area contributed by atoms with Crippen LogP contribution in [0.4, 0.5) is 5.00 Å². The molecule has 2 heterocycles. The molecule has 0 fully saturated rings. The largest absolute Gasteiger partial charge is 0.324 e. The Kier molecular flexibility index (Phi) is 2.49. The molecule has 0 aliphatic rings. The Labute approximate surface area is 93.2 Å². The number of nitrogens with zero attached hydrogens (tertiary/aromatic N) is 2. The van der Waals surface area contributed by atoms with Crippen LogP contribution in [0.1, 0.15) is 4.88 Å². The van der Waals surface area contributed by atoms with Gasteiger partial charge in [0.15, 0.2) is 0 Å². The smallest absolute Gasteiger partial charge is 0.258 e. The summed E-state index contributed by atoms with van der Waals surface area (Å²) in [4.78, 5) is 12.4. The Hall–Kier alpha value is -1.71. The number of nitro groups is 1. The summed E-state index contributed by atoms with van der Waals surface area (Å²) in [5.41, 5.74) is 0. The maximum absolute atomic E-state index is 10.5. The lowest BCUT2D eigenvalue weighted by Crippen LogP contribution is -1.80. The van der Waals surface area contributed by atoms with E-state index in [2.05, 4.69) is 0 Å². The van der Waals surface area contributed by atoms with Crippen molar-refractivity contribution in [3.8, 4) is 15.8 Å². The fraction of sp³-hybridized carbons (Fsp3) is 0. The molecule has 0 amide bonds. The topological polar surface area (TPSA) is 66.9 Å². The molecule has 0 atom stereocenters. The van der Waals surface area contributed by atoms with Crippen LogP contribution >= 0.6 is 22.7 Å². The van der Waals surface area contributed by atoms with Gasteiger partial charge in [-0.2, -0.15) is 5.26 Å². The van der Waals surface area contributed by atoms with Gasteiger partial charge in [-0.15, -0.1) is 11.3 Å². The Morgan fingerprint density at radius 1 is 1.20 bits per heavy atom. The van der Waals surface area contributed by atoms with Gasteiger partial charge in [-0.1, -0.05) is 11.3 Å². The Morgan fingerprint density at radius 3 is 2.40 bits per heavy atom. The third-order valence-electron chi connectivity index (χ3n) is 1.73. The highest BCUT2D eigenvalue weighted by Crippen LogP contribution is 2.36. The Bertz CT molecular complexity index is 550. The van der Waals surface area contributed by atoms with Crippen LogP contribution in [0.5, 0.6) is 0 Å². The first-order chi connectivity index (χ1) is 7.20. The Morgan fingerprint density at radius 2 is 1.87 bits per heavy atom. The number of rotatable bonds is 2. The Balaban J connectivity index is 2.38. The molecule has 0 bridgehead atoms. The van der Waals surface area contributed by atoms with Crippen LogP contribution in [0.15, 0.2) is 24.3 Å². The molecule has 15 heavy (non-hydrogen) atoms. The van der Waals surface area contributed by atoms with Crippen LogP contribution in [0, 0.1) is 21.4 Å². The molecule has 2 rings (SSSR count). The fourth-order valence-electron chi connectivity index (χ4n) is 1.09. The van der Waals surface area contributed by atoms with Crippen molar-refractivity contribution in [2.45, 2.75) is 0 Å². The van der Waals surface area contributed by atoms with Crippen molar-refractivity contribution in [1.82, 2.24) is 0 Å². The molecule has 0 saturated heterocycles. The van der Waals surface area contributed by atoms with Crippen molar-refractivity contribution >= 4 is 27.7 Å². The summed E-state index contributed by atoms with van der Waals surface area (Å²) in [6.07, 6.45) is 0. The van der Waals surface area contributed by atoms with Crippen molar-refractivity contribution < 1.29 is 4.92 Å². The lowest BCUT2D eigenvalue weighted by molar-refractivity contribution is -0.380. The number of hydrogen-bond donors (Lipinski definition) is 0. The average Bonchev–Trinajstić information content (AvgIpc) is 2.86. The molecule has 2 aromatic heterocycles. The molecule has 4 nitrogen and oxygen atoms in total. The second-order valence-electron chi connectivity index (χ2n) is 2.67. The molecule has 0 aliphatic heterocycles. The zero-order valence-corrected chi connectivity index (χ0v) is 8.97. The van der Waals surface area contributed by atoms with Gasteiger partial charge < -0.3 is 0 Å². The summed E-state index contributed by atoms with van der Waals surface area (Å²) in [6, 6.07) is 8.74. The van der Waals surface area contributed by atoms with Crippen molar-refractivity contribution in [2.75, 3.05) is 0 Å². The lowest BCUT2D eigenvalue weighted by atomic mass is 10.4. The number of hydrogen-bond acceptors (Lipinski definition) is 5. The summed E-state index contributed by atoms with van der Waals surface area (Å²) in [6.45, 7) is 0. The van der Waals surface area contributed by atoms with Gasteiger partial charge in [0.25, 0.3) is 0 Å². The van der Waals surface area contributed by atoms with E-state index in [9.17, 15) is 10.1 Å². The van der Waals surface area contributed by atoms with Gasteiger partial charge in [0.05, 0.1) is 9.80 Å². The summed E-state index contributed by atoms with van der Waals surface area (Å²) >= 11 is 2.46. The standard InChI is InChI=1S/C9H4N2O2S2/c10-5-6-1-2-7(14-6)8-3-4-9(15-8)11(12)13/h1-4H. The second kappa shape index (κ2) is 3.81. The zero-order chi connectivity index (χ0) is 10.8. The summed E-state index contributed by atoms with van der Waals surface area (Å²) < 4.78 is 0.